The lowest BCUT2D eigenvalue weighted by molar-refractivity contribution is -0.155. The molecule has 2 saturated heterocycles. The van der Waals surface area contributed by atoms with Crippen LogP contribution in [0.4, 0.5) is 0 Å². The number of fused-ring (bicyclic) bond motifs is 6. The van der Waals surface area contributed by atoms with E-state index in [2.05, 4.69) is 54.3 Å². The van der Waals surface area contributed by atoms with E-state index in [4.69, 9.17) is 14.5 Å². The molecular weight excluding hydrogens is 877 g/mol. The number of aromatic hydroxyl groups is 1. The lowest BCUT2D eigenvalue weighted by Gasteiger charge is -2.37. The maximum atomic E-state index is 14.7. The topological polar surface area (TPSA) is 196 Å². The first kappa shape index (κ1) is 49.5. The summed E-state index contributed by atoms with van der Waals surface area (Å²) in [5.41, 5.74) is 9.32. The van der Waals surface area contributed by atoms with Crippen LogP contribution in [-0.4, -0.2) is 144 Å². The van der Waals surface area contributed by atoms with Gasteiger partial charge in [0.05, 0.1) is 30.6 Å². The highest BCUT2D eigenvalue weighted by atomic mass is 32.2. The van der Waals surface area contributed by atoms with Crippen molar-refractivity contribution >= 4 is 44.6 Å². The minimum absolute atomic E-state index is 0.0398. The summed E-state index contributed by atoms with van der Waals surface area (Å²) in [6.45, 7) is 12.6. The molecule has 2 aromatic carbocycles. The number of phenolic OH excluding ortho intramolecular Hbond substituents is 1. The van der Waals surface area contributed by atoms with Gasteiger partial charge in [0, 0.05) is 75.3 Å². The van der Waals surface area contributed by atoms with Gasteiger partial charge in [-0.3, -0.25) is 34.1 Å². The fourth-order valence-corrected chi connectivity index (χ4v) is 11.1. The number of aromatic nitrogens is 2. The van der Waals surface area contributed by atoms with Gasteiger partial charge >= 0.3 is 5.97 Å². The second-order valence-electron chi connectivity index (χ2n) is 19.4. The first-order valence-electron chi connectivity index (χ1n) is 23.1. The molecule has 4 aromatic rings. The fraction of sp³-hybridized carbons (Fsp3) is 0.531. The highest BCUT2D eigenvalue weighted by Crippen LogP contribution is 2.42. The highest BCUT2D eigenvalue weighted by molar-refractivity contribution is 7.90. The van der Waals surface area contributed by atoms with Gasteiger partial charge in [0.2, 0.25) is 21.8 Å². The van der Waals surface area contributed by atoms with Crippen LogP contribution >= 0.6 is 0 Å². The molecule has 6 bridgehead atoms. The van der Waals surface area contributed by atoms with Gasteiger partial charge in [-0.1, -0.05) is 39.8 Å². The number of amides is 3. The molecule has 6 atom stereocenters. The Balaban J connectivity index is 1.30. The smallest absolute Gasteiger partial charge is 0.324 e. The number of esters is 1. The number of hydrogen-bond donors (Lipinski definition) is 3. The van der Waals surface area contributed by atoms with Crippen molar-refractivity contribution in [3.63, 3.8) is 0 Å². The molecule has 2 aromatic heterocycles. The SMILES string of the molecule is CCn1c(-c2cccnc2[C@H](C)OC)c2c3cc(ccc31)-c1cc(O)cc(c1)C[C@H](NC(=O)C(C(C)C)N(C)C(=O)CN(C)S(=O)(=O)[C@H]1CN1C)C(=O)N1CCC[C@H](N1)C(=O)OCC(C)(C)C2. The number of cyclic esters (lactones) is 1. The third-order valence-electron chi connectivity index (χ3n) is 13.3. The number of pyridine rings is 1. The van der Waals surface area contributed by atoms with Gasteiger partial charge in [0.1, 0.15) is 29.2 Å². The van der Waals surface area contributed by atoms with Crippen LogP contribution in [0.2, 0.25) is 0 Å². The van der Waals surface area contributed by atoms with E-state index in [9.17, 15) is 32.7 Å². The van der Waals surface area contributed by atoms with E-state index >= 15 is 0 Å². The molecule has 3 aliphatic rings. The summed E-state index contributed by atoms with van der Waals surface area (Å²) in [5, 5.41) is 15.9. The van der Waals surface area contributed by atoms with Crippen LogP contribution in [0.15, 0.2) is 54.7 Å². The molecule has 5 heterocycles. The minimum atomic E-state index is -3.77. The summed E-state index contributed by atoms with van der Waals surface area (Å²) in [6, 6.07) is 12.1. The third kappa shape index (κ3) is 10.4. The normalized spacial score (nSPS) is 22.0. The number of likely N-dealkylation sites (N-methyl/N-ethyl adjacent to an activating group) is 3. The van der Waals surface area contributed by atoms with Crippen LogP contribution < -0.4 is 10.7 Å². The molecule has 67 heavy (non-hydrogen) atoms. The van der Waals surface area contributed by atoms with Crippen LogP contribution in [0, 0.1) is 11.3 Å². The number of ether oxygens (including phenoxy) is 2. The largest absolute Gasteiger partial charge is 0.508 e. The number of aryl methyl sites for hydroxylation is 1. The van der Waals surface area contributed by atoms with E-state index in [1.165, 1.54) is 24.0 Å². The first-order valence-corrected chi connectivity index (χ1v) is 24.6. The number of benzene rings is 2. The quantitative estimate of drug-likeness (QED) is 0.134. The van der Waals surface area contributed by atoms with Crippen molar-refractivity contribution in [2.75, 3.05) is 54.5 Å². The Labute approximate surface area is 393 Å². The Bertz CT molecular complexity index is 2650. The van der Waals surface area contributed by atoms with Crippen LogP contribution in [0.5, 0.6) is 5.75 Å². The van der Waals surface area contributed by atoms with E-state index in [0.717, 1.165) is 43.3 Å². The summed E-state index contributed by atoms with van der Waals surface area (Å²) < 4.78 is 41.3. The minimum Gasteiger partial charge on any atom is -0.508 e. The predicted molar refractivity (Wildman–Crippen MR) is 255 cm³/mol. The van der Waals surface area contributed by atoms with E-state index in [-0.39, 0.29) is 31.4 Å². The maximum absolute atomic E-state index is 14.7. The van der Waals surface area contributed by atoms with Gasteiger partial charge in [-0.15, -0.1) is 0 Å². The predicted octanol–water partition coefficient (Wildman–Crippen LogP) is 4.47. The number of carbonyl (C=O) groups excluding carboxylic acids is 4. The second kappa shape index (κ2) is 19.7. The van der Waals surface area contributed by atoms with Gasteiger partial charge in [-0.2, -0.15) is 4.31 Å². The summed E-state index contributed by atoms with van der Waals surface area (Å²) >= 11 is 0. The Morgan fingerprint density at radius 3 is 2.49 bits per heavy atom. The van der Waals surface area contributed by atoms with Gasteiger partial charge < -0.3 is 29.4 Å². The maximum Gasteiger partial charge on any atom is 0.324 e. The lowest BCUT2D eigenvalue weighted by Crippen LogP contribution is -2.62. The standard InChI is InChI=1S/C49H66N8O9S/c1-11-56-40-17-16-32-24-36(40)37(45(56)35-14-12-18-50-43(35)30(4)65-10)25-49(5,6)28-66-48(62)38-15-13-19-57(52-38)47(61)39(22-31-20-33(32)23-34(58)21-31)51-46(60)44(29(2)3)55(9)41(59)26-54(8)67(63,64)42-27-53(42)7/h12,14,16-18,20-21,23-24,29-30,38-39,42,44,52,58H,11,13,15,19,22,25-28H2,1-10H3,(H,51,60)/t30-,38-,39-,42-,44?,53?/m0/s1. The molecule has 18 heteroatoms. The van der Waals surface area contributed by atoms with Crippen LogP contribution in [-0.2, 0) is 58.1 Å². The Morgan fingerprint density at radius 2 is 1.82 bits per heavy atom. The number of nitrogens with zero attached hydrogens (tertiary/aromatic N) is 6. The molecule has 0 saturated carbocycles. The zero-order valence-electron chi connectivity index (χ0n) is 40.3. The molecular formula is C49H66N8O9S. The fourth-order valence-electron chi connectivity index (χ4n) is 9.53. The van der Waals surface area contributed by atoms with E-state index < -0.39 is 75.1 Å². The molecule has 0 spiro atoms. The van der Waals surface area contributed by atoms with Crippen molar-refractivity contribution in [1.29, 1.82) is 0 Å². The van der Waals surface area contributed by atoms with Crippen molar-refractivity contribution in [3.8, 4) is 28.1 Å². The molecule has 2 fully saturated rings. The van der Waals surface area contributed by atoms with E-state index in [0.29, 0.717) is 43.5 Å². The molecule has 362 valence electrons. The highest BCUT2D eigenvalue weighted by Gasteiger charge is 2.45. The third-order valence-corrected chi connectivity index (χ3v) is 15.5. The summed E-state index contributed by atoms with van der Waals surface area (Å²) in [5.74, 6) is -2.73. The Kier molecular flexibility index (Phi) is 14.5. The Morgan fingerprint density at radius 1 is 1.09 bits per heavy atom. The number of nitrogens with one attached hydrogen (secondary N) is 2. The average molecular weight is 943 g/mol. The van der Waals surface area contributed by atoms with Gasteiger partial charge in [-0.25, -0.2) is 13.8 Å². The molecule has 3 N–H and O–H groups in total. The molecule has 7 rings (SSSR count). The zero-order valence-corrected chi connectivity index (χ0v) is 41.1. The summed E-state index contributed by atoms with van der Waals surface area (Å²) in [4.78, 5) is 64.4. The van der Waals surface area contributed by atoms with Gasteiger partial charge in [0.25, 0.3) is 5.91 Å². The molecule has 0 aliphatic carbocycles. The van der Waals surface area contributed by atoms with Crippen molar-refractivity contribution in [3.05, 3.63) is 71.5 Å². The Hall–Kier alpha value is -5.40. The molecule has 3 amide bonds. The number of methoxy groups -OCH3 is 1. The molecule has 17 nitrogen and oxygen atoms in total. The lowest BCUT2D eigenvalue weighted by atomic mass is 9.84. The number of hydrogen-bond acceptors (Lipinski definition) is 12. The van der Waals surface area contributed by atoms with E-state index in [1.807, 2.05) is 25.1 Å². The number of sulfonamides is 1. The summed E-state index contributed by atoms with van der Waals surface area (Å²) in [7, 11) is 2.36. The van der Waals surface area contributed by atoms with Crippen molar-refractivity contribution in [1.82, 2.24) is 39.4 Å². The van der Waals surface area contributed by atoms with Crippen LogP contribution in [0.25, 0.3) is 33.3 Å². The van der Waals surface area contributed by atoms with Gasteiger partial charge in [0.15, 0.2) is 0 Å². The van der Waals surface area contributed by atoms with Crippen molar-refractivity contribution < 1.29 is 42.2 Å². The monoisotopic (exact) mass is 942 g/mol. The van der Waals surface area contributed by atoms with Crippen LogP contribution in [0.1, 0.15) is 77.3 Å². The van der Waals surface area contributed by atoms with E-state index in [1.54, 1.807) is 51.2 Å². The summed E-state index contributed by atoms with van der Waals surface area (Å²) in [6.07, 6.45) is 2.83. The van der Waals surface area contributed by atoms with Crippen molar-refractivity contribution in [2.45, 2.75) is 103 Å². The number of hydrazine groups is 1. The average Bonchev–Trinajstić information content (AvgIpc) is 3.97. The van der Waals surface area contributed by atoms with Crippen molar-refractivity contribution in [2.24, 2.45) is 11.3 Å². The second-order valence-corrected chi connectivity index (χ2v) is 21.6. The molecule has 0 radical (unpaired) electrons. The van der Waals surface area contributed by atoms with Gasteiger partial charge in [-0.05, 0) is 105 Å². The number of phenols is 1. The number of rotatable bonds is 12. The first-order chi connectivity index (χ1) is 31.6. The number of carbonyl (C=O) groups is 4. The molecule has 3 aliphatic heterocycles. The zero-order chi connectivity index (χ0) is 48.7. The molecule has 2 unspecified atom stereocenters. The van der Waals surface area contributed by atoms with Crippen LogP contribution in [0.3, 0.4) is 0 Å².